The van der Waals surface area contributed by atoms with Crippen molar-refractivity contribution in [3.05, 3.63) is 53.3 Å². The number of para-hydroxylation sites is 1. The number of rotatable bonds is 4. The van der Waals surface area contributed by atoms with E-state index >= 15 is 0 Å². The monoisotopic (exact) mass is 304 g/mol. The Morgan fingerprint density at radius 3 is 2.71 bits per heavy atom. The molecule has 0 unspecified atom stereocenters. The lowest BCUT2D eigenvalue weighted by atomic mass is 10.2. The van der Waals surface area contributed by atoms with Gasteiger partial charge in [-0.2, -0.15) is 5.26 Å². The van der Waals surface area contributed by atoms with E-state index in [1.165, 1.54) is 30.6 Å². The molecule has 21 heavy (non-hydrogen) atoms. The first kappa shape index (κ1) is 14.9. The van der Waals surface area contributed by atoms with Gasteiger partial charge < -0.3 is 4.90 Å². The molecule has 1 amide bonds. The van der Waals surface area contributed by atoms with Gasteiger partial charge in [-0.25, -0.2) is 14.4 Å². The van der Waals surface area contributed by atoms with Gasteiger partial charge in [0.2, 0.25) is 0 Å². The van der Waals surface area contributed by atoms with Gasteiger partial charge in [0.05, 0.1) is 30.6 Å². The standard InChI is InChI=1S/C14H10ClFN4O/c15-13-9-18-11(8-19-13)14(21)20(7-3-6-17)12-5-2-1-4-10(12)16/h1-2,4-5,8-9H,3,7H2. The Morgan fingerprint density at radius 1 is 1.33 bits per heavy atom. The summed E-state index contributed by atoms with van der Waals surface area (Å²) >= 11 is 5.62. The van der Waals surface area contributed by atoms with Gasteiger partial charge in [-0.05, 0) is 12.1 Å². The molecule has 0 spiro atoms. The van der Waals surface area contributed by atoms with Crippen molar-refractivity contribution in [3.63, 3.8) is 0 Å². The van der Waals surface area contributed by atoms with Crippen molar-refractivity contribution in [1.82, 2.24) is 9.97 Å². The van der Waals surface area contributed by atoms with Gasteiger partial charge in [0, 0.05) is 6.54 Å². The van der Waals surface area contributed by atoms with Crippen LogP contribution in [0.2, 0.25) is 5.15 Å². The van der Waals surface area contributed by atoms with Gasteiger partial charge in [-0.3, -0.25) is 4.79 Å². The van der Waals surface area contributed by atoms with Gasteiger partial charge in [-0.15, -0.1) is 0 Å². The molecule has 5 nitrogen and oxygen atoms in total. The van der Waals surface area contributed by atoms with Crippen LogP contribution < -0.4 is 4.90 Å². The number of hydrogen-bond donors (Lipinski definition) is 0. The number of nitriles is 1. The highest BCUT2D eigenvalue weighted by Gasteiger charge is 2.21. The molecular formula is C14H10ClFN4O. The minimum Gasteiger partial charge on any atom is -0.303 e. The number of anilines is 1. The Balaban J connectivity index is 2.36. The highest BCUT2D eigenvalue weighted by Crippen LogP contribution is 2.20. The average molecular weight is 305 g/mol. The van der Waals surface area contributed by atoms with Crippen LogP contribution in [0, 0.1) is 17.1 Å². The van der Waals surface area contributed by atoms with Crippen LogP contribution in [-0.4, -0.2) is 22.4 Å². The molecule has 2 rings (SSSR count). The Bertz CT molecular complexity index is 684. The molecule has 0 fully saturated rings. The number of halogens is 2. The van der Waals surface area contributed by atoms with Crippen molar-refractivity contribution in [2.24, 2.45) is 0 Å². The molecule has 0 radical (unpaired) electrons. The Labute approximate surface area is 125 Å². The van der Waals surface area contributed by atoms with Crippen molar-refractivity contribution in [2.75, 3.05) is 11.4 Å². The summed E-state index contributed by atoms with van der Waals surface area (Å²) in [4.78, 5) is 21.2. The molecule has 0 aliphatic carbocycles. The molecule has 1 aromatic heterocycles. The van der Waals surface area contributed by atoms with Crippen LogP contribution in [0.4, 0.5) is 10.1 Å². The maximum atomic E-state index is 13.9. The normalized spacial score (nSPS) is 9.95. The van der Waals surface area contributed by atoms with Crippen molar-refractivity contribution in [3.8, 4) is 6.07 Å². The van der Waals surface area contributed by atoms with Crippen molar-refractivity contribution >= 4 is 23.2 Å². The molecule has 106 valence electrons. The van der Waals surface area contributed by atoms with Crippen LogP contribution in [0.5, 0.6) is 0 Å². The molecule has 1 heterocycles. The number of benzene rings is 1. The molecule has 0 saturated heterocycles. The molecule has 7 heteroatoms. The quantitative estimate of drug-likeness (QED) is 0.871. The van der Waals surface area contributed by atoms with Gasteiger partial charge in [0.1, 0.15) is 16.7 Å². The summed E-state index contributed by atoms with van der Waals surface area (Å²) in [6.45, 7) is 0.0561. The number of amides is 1. The van der Waals surface area contributed by atoms with Crippen molar-refractivity contribution in [1.29, 1.82) is 5.26 Å². The number of nitrogens with zero attached hydrogens (tertiary/aromatic N) is 4. The Kier molecular flexibility index (Phi) is 4.80. The predicted molar refractivity (Wildman–Crippen MR) is 75.3 cm³/mol. The Hall–Kier alpha value is -2.52. The van der Waals surface area contributed by atoms with Crippen LogP contribution >= 0.6 is 11.6 Å². The summed E-state index contributed by atoms with van der Waals surface area (Å²) in [6.07, 6.45) is 2.52. The van der Waals surface area contributed by atoms with Crippen LogP contribution in [0.3, 0.4) is 0 Å². The van der Waals surface area contributed by atoms with E-state index < -0.39 is 11.7 Å². The van der Waals surface area contributed by atoms with Crippen molar-refractivity contribution < 1.29 is 9.18 Å². The zero-order valence-electron chi connectivity index (χ0n) is 10.8. The molecule has 0 bridgehead atoms. The third-order valence-electron chi connectivity index (χ3n) is 2.68. The van der Waals surface area contributed by atoms with E-state index in [1.807, 2.05) is 6.07 Å². The molecule has 0 aliphatic rings. The minimum atomic E-state index is -0.550. The lowest BCUT2D eigenvalue weighted by molar-refractivity contribution is 0.0981. The average Bonchev–Trinajstić information content (AvgIpc) is 2.50. The second-order valence-corrected chi connectivity index (χ2v) is 4.43. The highest BCUT2D eigenvalue weighted by atomic mass is 35.5. The second-order valence-electron chi connectivity index (χ2n) is 4.04. The van der Waals surface area contributed by atoms with Crippen LogP contribution in [0.25, 0.3) is 0 Å². The topological polar surface area (TPSA) is 69.9 Å². The fraction of sp³-hybridized carbons (Fsp3) is 0.143. The molecule has 2 aromatic rings. The number of carbonyl (C=O) groups excluding carboxylic acids is 1. The number of hydrogen-bond acceptors (Lipinski definition) is 4. The van der Waals surface area contributed by atoms with Gasteiger partial charge >= 0.3 is 0 Å². The SMILES string of the molecule is N#CCCN(C(=O)c1cnc(Cl)cn1)c1ccccc1F. The third-order valence-corrected chi connectivity index (χ3v) is 2.87. The Morgan fingerprint density at radius 2 is 2.10 bits per heavy atom. The summed E-state index contributed by atoms with van der Waals surface area (Å²) in [7, 11) is 0. The molecular weight excluding hydrogens is 295 g/mol. The first-order chi connectivity index (χ1) is 10.1. The fourth-order valence-corrected chi connectivity index (χ4v) is 1.82. The van der Waals surface area contributed by atoms with E-state index in [0.717, 1.165) is 4.90 Å². The second kappa shape index (κ2) is 6.77. The zero-order chi connectivity index (χ0) is 15.2. The molecule has 0 N–H and O–H groups in total. The van der Waals surface area contributed by atoms with E-state index in [-0.39, 0.29) is 29.5 Å². The number of carbonyl (C=O) groups is 1. The van der Waals surface area contributed by atoms with E-state index in [1.54, 1.807) is 6.07 Å². The van der Waals surface area contributed by atoms with E-state index in [4.69, 9.17) is 16.9 Å². The first-order valence-corrected chi connectivity index (χ1v) is 6.42. The number of aromatic nitrogens is 2. The lowest BCUT2D eigenvalue weighted by Gasteiger charge is -2.21. The van der Waals surface area contributed by atoms with Crippen LogP contribution in [0.15, 0.2) is 36.7 Å². The third kappa shape index (κ3) is 3.52. The minimum absolute atomic E-state index is 0.0283. The summed E-state index contributed by atoms with van der Waals surface area (Å²) in [5.74, 6) is -1.09. The smallest absolute Gasteiger partial charge is 0.278 e. The van der Waals surface area contributed by atoms with Gasteiger partial charge in [0.15, 0.2) is 0 Å². The summed E-state index contributed by atoms with van der Waals surface area (Å²) in [6, 6.07) is 7.77. The summed E-state index contributed by atoms with van der Waals surface area (Å²) in [5.41, 5.74) is 0.120. The van der Waals surface area contributed by atoms with Gasteiger partial charge in [0.25, 0.3) is 5.91 Å². The fourth-order valence-electron chi connectivity index (χ4n) is 1.72. The first-order valence-electron chi connectivity index (χ1n) is 6.04. The summed E-state index contributed by atoms with van der Waals surface area (Å²) < 4.78 is 13.9. The largest absolute Gasteiger partial charge is 0.303 e. The molecule has 1 aromatic carbocycles. The van der Waals surface area contributed by atoms with Crippen LogP contribution in [-0.2, 0) is 0 Å². The van der Waals surface area contributed by atoms with E-state index in [2.05, 4.69) is 9.97 Å². The highest BCUT2D eigenvalue weighted by molar-refractivity contribution is 6.29. The van der Waals surface area contributed by atoms with Crippen molar-refractivity contribution in [2.45, 2.75) is 6.42 Å². The van der Waals surface area contributed by atoms with Gasteiger partial charge in [-0.1, -0.05) is 23.7 Å². The zero-order valence-corrected chi connectivity index (χ0v) is 11.6. The summed E-state index contributed by atoms with van der Waals surface area (Å²) in [5, 5.41) is 8.85. The lowest BCUT2D eigenvalue weighted by Crippen LogP contribution is -2.33. The predicted octanol–water partition coefficient (Wildman–Crippen LogP) is 2.83. The maximum absolute atomic E-state index is 13.9. The van der Waals surface area contributed by atoms with E-state index in [9.17, 15) is 9.18 Å². The van der Waals surface area contributed by atoms with Crippen LogP contribution in [0.1, 0.15) is 16.9 Å². The molecule has 0 saturated carbocycles. The maximum Gasteiger partial charge on any atom is 0.278 e. The molecule has 0 atom stereocenters. The molecule has 0 aliphatic heterocycles. The van der Waals surface area contributed by atoms with E-state index in [0.29, 0.717) is 0 Å².